The molecule has 0 unspecified atom stereocenters. The van der Waals surface area contributed by atoms with Crippen molar-refractivity contribution in [2.75, 3.05) is 58.9 Å². The number of nitrogens with zero attached hydrogens (tertiary/aromatic N) is 2. The molecule has 10 heteroatoms. The van der Waals surface area contributed by atoms with E-state index in [2.05, 4.69) is 29.4 Å². The zero-order valence-electron chi connectivity index (χ0n) is 24.4. The van der Waals surface area contributed by atoms with Crippen molar-refractivity contribution in [2.45, 2.75) is 52.1 Å². The molecule has 3 N–H and O–H groups in total. The number of nitrogens with one attached hydrogen (secondary N) is 2. The Balaban J connectivity index is 1.27. The zero-order chi connectivity index (χ0) is 28.4. The highest BCUT2D eigenvalue weighted by molar-refractivity contribution is 7.15. The Hall–Kier alpha value is -2.40. The smallest absolute Gasteiger partial charge is 0.223 e. The molecule has 2 aromatic rings. The summed E-state index contributed by atoms with van der Waals surface area (Å²) in [5, 5.41) is 19.2. The van der Waals surface area contributed by atoms with Crippen molar-refractivity contribution in [3.63, 3.8) is 0 Å². The normalized spacial score (nSPS) is 29.1. The van der Waals surface area contributed by atoms with E-state index in [1.54, 1.807) is 25.6 Å². The number of carbonyl (C=O) groups is 1. The van der Waals surface area contributed by atoms with Crippen molar-refractivity contribution in [2.24, 2.45) is 23.2 Å². The Bertz CT molecular complexity index is 1180. The number of methoxy groups -OCH3 is 2. The van der Waals surface area contributed by atoms with E-state index in [4.69, 9.17) is 19.2 Å². The van der Waals surface area contributed by atoms with Gasteiger partial charge in [0.1, 0.15) is 11.5 Å². The Morgan fingerprint density at radius 1 is 1.30 bits per heavy atom. The lowest BCUT2D eigenvalue weighted by Gasteiger charge is -2.53. The molecule has 1 aliphatic heterocycles. The fourth-order valence-corrected chi connectivity index (χ4v) is 8.42. The first kappa shape index (κ1) is 29.1. The summed E-state index contributed by atoms with van der Waals surface area (Å²) in [6.45, 7) is 11.3. The number of aliphatic hydroxyl groups is 1. The van der Waals surface area contributed by atoms with Gasteiger partial charge in [0.2, 0.25) is 5.91 Å². The van der Waals surface area contributed by atoms with Crippen molar-refractivity contribution >= 4 is 28.1 Å². The van der Waals surface area contributed by atoms with Gasteiger partial charge >= 0.3 is 0 Å². The van der Waals surface area contributed by atoms with Gasteiger partial charge in [-0.25, -0.2) is 4.98 Å². The van der Waals surface area contributed by atoms with Gasteiger partial charge in [-0.2, -0.15) is 0 Å². The third kappa shape index (κ3) is 5.82. The number of aliphatic hydroxyl groups excluding tert-OH is 1. The number of thiazole rings is 1. The van der Waals surface area contributed by atoms with Crippen LogP contribution >= 0.6 is 11.3 Å². The fourth-order valence-electron chi connectivity index (χ4n) is 7.14. The molecule has 3 aliphatic rings. The van der Waals surface area contributed by atoms with E-state index in [0.29, 0.717) is 6.54 Å². The molecule has 40 heavy (non-hydrogen) atoms. The summed E-state index contributed by atoms with van der Waals surface area (Å²) in [6, 6.07) is 5.66. The van der Waals surface area contributed by atoms with Gasteiger partial charge in [-0.15, -0.1) is 11.3 Å². The van der Waals surface area contributed by atoms with Crippen LogP contribution in [0.25, 0.3) is 0 Å². The first-order chi connectivity index (χ1) is 19.2. The van der Waals surface area contributed by atoms with Crippen molar-refractivity contribution in [1.29, 1.82) is 0 Å². The third-order valence-corrected chi connectivity index (χ3v) is 10.4. The maximum Gasteiger partial charge on any atom is 0.223 e. The lowest BCUT2D eigenvalue weighted by molar-refractivity contribution is -0.134. The molecule has 1 amide bonds. The number of fused-ring (bicyclic) bond motifs is 2. The minimum Gasteiger partial charge on any atom is -0.497 e. The maximum atomic E-state index is 13.1. The predicted molar refractivity (Wildman–Crippen MR) is 157 cm³/mol. The van der Waals surface area contributed by atoms with Crippen molar-refractivity contribution in [3.8, 4) is 11.5 Å². The molecule has 1 aromatic carbocycles. The van der Waals surface area contributed by atoms with Crippen LogP contribution in [0.1, 0.15) is 50.1 Å². The summed E-state index contributed by atoms with van der Waals surface area (Å²) >= 11 is 1.68. The quantitative estimate of drug-likeness (QED) is 0.414. The average molecular weight is 573 g/mol. The number of benzene rings is 1. The molecular weight excluding hydrogens is 528 g/mol. The van der Waals surface area contributed by atoms with E-state index >= 15 is 0 Å². The second-order valence-electron chi connectivity index (χ2n) is 11.9. The maximum absolute atomic E-state index is 13.1. The monoisotopic (exact) mass is 572 g/mol. The SMILES string of the molecule is COc1ccc(OC)c(Nc2nc3c(s2)C[C@]2(C)CC[C@@H]([C@H](C)C(=O)NCCN4CCOCC4)[C@H](O)[C@H]2[C@@H]3C)c1. The second-order valence-corrected chi connectivity index (χ2v) is 13.0. The summed E-state index contributed by atoms with van der Waals surface area (Å²) in [5.74, 6) is 1.32. The van der Waals surface area contributed by atoms with Crippen LogP contribution < -0.4 is 20.1 Å². The minimum atomic E-state index is -0.557. The van der Waals surface area contributed by atoms with Crippen LogP contribution in [0, 0.1) is 23.2 Å². The molecule has 0 spiro atoms. The highest BCUT2D eigenvalue weighted by Crippen LogP contribution is 2.57. The van der Waals surface area contributed by atoms with E-state index in [-0.39, 0.29) is 35.0 Å². The standard InChI is InChI=1S/C30H44N4O5S/c1-18(28(36)31-10-11-34-12-14-39-15-13-34)21-8-9-30(3)17-24-26(19(2)25(30)27(21)35)33-29(40-24)32-22-16-20(37-4)6-7-23(22)38-5/h6-7,16,18-19,21,25,27,35H,8-15,17H2,1-5H3,(H,31,36)(H,32,33)/t18-,19-,21-,25+,27-,30-/m0/s1. The third-order valence-electron chi connectivity index (χ3n) is 9.46. The number of rotatable bonds is 9. The number of ether oxygens (including phenoxy) is 3. The first-order valence-corrected chi connectivity index (χ1v) is 15.3. The van der Waals surface area contributed by atoms with Gasteiger partial charge in [0.15, 0.2) is 5.13 Å². The Morgan fingerprint density at radius 2 is 2.08 bits per heavy atom. The molecule has 0 radical (unpaired) electrons. The summed E-state index contributed by atoms with van der Waals surface area (Å²) < 4.78 is 16.4. The number of hydrogen-bond acceptors (Lipinski definition) is 9. The number of anilines is 2. The van der Waals surface area contributed by atoms with Crippen molar-refractivity contribution < 1.29 is 24.1 Å². The molecular formula is C30H44N4O5S. The van der Waals surface area contributed by atoms with Crippen LogP contribution in [-0.2, 0) is 16.0 Å². The van der Waals surface area contributed by atoms with Crippen LogP contribution in [0.15, 0.2) is 18.2 Å². The van der Waals surface area contributed by atoms with Gasteiger partial charge in [0.05, 0.1) is 44.9 Å². The van der Waals surface area contributed by atoms with Crippen LogP contribution in [0.5, 0.6) is 11.5 Å². The van der Waals surface area contributed by atoms with E-state index in [0.717, 1.165) is 80.1 Å². The number of carbonyl (C=O) groups excluding carboxylic acids is 1. The van der Waals surface area contributed by atoms with Gasteiger partial charge in [-0.05, 0) is 48.6 Å². The van der Waals surface area contributed by atoms with Crippen LogP contribution in [0.4, 0.5) is 10.8 Å². The minimum absolute atomic E-state index is 0.0354. The molecule has 1 saturated carbocycles. The van der Waals surface area contributed by atoms with E-state index < -0.39 is 6.10 Å². The molecule has 6 atom stereocenters. The predicted octanol–water partition coefficient (Wildman–Crippen LogP) is 4.04. The molecule has 0 bridgehead atoms. The molecule has 2 fully saturated rings. The largest absolute Gasteiger partial charge is 0.497 e. The van der Waals surface area contributed by atoms with Gasteiger partial charge in [0.25, 0.3) is 0 Å². The Kier molecular flexibility index (Phi) is 8.89. The molecule has 2 aliphatic carbocycles. The summed E-state index contributed by atoms with van der Waals surface area (Å²) in [4.78, 5) is 21.7. The van der Waals surface area contributed by atoms with Gasteiger partial charge in [0, 0.05) is 49.0 Å². The molecule has 220 valence electrons. The van der Waals surface area contributed by atoms with E-state index in [1.807, 2.05) is 25.1 Å². The molecule has 2 heterocycles. The van der Waals surface area contributed by atoms with Crippen molar-refractivity contribution in [1.82, 2.24) is 15.2 Å². The summed E-state index contributed by atoms with van der Waals surface area (Å²) in [5.41, 5.74) is 1.82. The average Bonchev–Trinajstić information content (AvgIpc) is 3.35. The van der Waals surface area contributed by atoms with Crippen LogP contribution in [0.2, 0.25) is 0 Å². The topological polar surface area (TPSA) is 105 Å². The fraction of sp³-hybridized carbons (Fsp3) is 0.667. The van der Waals surface area contributed by atoms with Gasteiger partial charge in [-0.3, -0.25) is 9.69 Å². The Labute approximate surface area is 241 Å². The number of aromatic nitrogens is 1. The number of hydrogen-bond donors (Lipinski definition) is 3. The highest BCUT2D eigenvalue weighted by Gasteiger charge is 2.53. The van der Waals surface area contributed by atoms with Gasteiger partial charge < -0.3 is 30.0 Å². The molecule has 9 nitrogen and oxygen atoms in total. The van der Waals surface area contributed by atoms with E-state index in [1.165, 1.54) is 4.88 Å². The van der Waals surface area contributed by atoms with Gasteiger partial charge in [-0.1, -0.05) is 20.8 Å². The number of morpholine rings is 1. The molecule has 1 saturated heterocycles. The Morgan fingerprint density at radius 3 is 2.80 bits per heavy atom. The second kappa shape index (κ2) is 12.2. The van der Waals surface area contributed by atoms with Crippen LogP contribution in [0.3, 0.4) is 0 Å². The van der Waals surface area contributed by atoms with Crippen molar-refractivity contribution in [3.05, 3.63) is 28.8 Å². The van der Waals surface area contributed by atoms with E-state index in [9.17, 15) is 9.90 Å². The summed E-state index contributed by atoms with van der Waals surface area (Å²) in [6.07, 6.45) is 2.16. The molecule has 5 rings (SSSR count). The zero-order valence-corrected chi connectivity index (χ0v) is 25.2. The number of amides is 1. The first-order valence-electron chi connectivity index (χ1n) is 14.5. The van der Waals surface area contributed by atoms with Crippen LogP contribution in [-0.4, -0.2) is 80.6 Å². The summed E-state index contributed by atoms with van der Waals surface area (Å²) in [7, 11) is 3.29. The highest BCUT2D eigenvalue weighted by atomic mass is 32.1. The lowest BCUT2D eigenvalue weighted by atomic mass is 9.53. The molecule has 1 aromatic heterocycles. The lowest BCUT2D eigenvalue weighted by Crippen LogP contribution is -2.53.